The van der Waals surface area contributed by atoms with E-state index in [1.165, 1.54) is 4.31 Å². The number of carbonyl (C=O) groups excluding carboxylic acids is 1. The summed E-state index contributed by atoms with van der Waals surface area (Å²) in [6.07, 6.45) is 6.58. The van der Waals surface area contributed by atoms with Gasteiger partial charge >= 0.3 is 0 Å². The summed E-state index contributed by atoms with van der Waals surface area (Å²) in [6.45, 7) is 5.79. The smallest absolute Gasteiger partial charge is 0.247 e. The zero-order valence-corrected chi connectivity index (χ0v) is 16.8. The van der Waals surface area contributed by atoms with E-state index < -0.39 is 10.0 Å². The van der Waals surface area contributed by atoms with E-state index >= 15 is 0 Å². The van der Waals surface area contributed by atoms with Crippen molar-refractivity contribution >= 4 is 22.0 Å². The van der Waals surface area contributed by atoms with E-state index in [0.29, 0.717) is 26.3 Å². The Balaban J connectivity index is 1.68. The van der Waals surface area contributed by atoms with Crippen molar-refractivity contribution in [3.05, 3.63) is 35.9 Å². The predicted octanol–water partition coefficient (Wildman–Crippen LogP) is 2.51. The maximum absolute atomic E-state index is 12.6. The second kappa shape index (κ2) is 8.54. The van der Waals surface area contributed by atoms with Gasteiger partial charge in [0, 0.05) is 31.2 Å². The fourth-order valence-electron chi connectivity index (χ4n) is 3.80. The van der Waals surface area contributed by atoms with Gasteiger partial charge in [0.15, 0.2) is 0 Å². The quantitative estimate of drug-likeness (QED) is 0.739. The normalized spacial score (nSPS) is 25.0. The Morgan fingerprint density at radius 3 is 2.26 bits per heavy atom. The number of hydrogen-bond donors (Lipinski definition) is 0. The molecule has 2 aliphatic heterocycles. The van der Waals surface area contributed by atoms with E-state index in [1.54, 1.807) is 36.4 Å². The first kappa shape index (κ1) is 20.0. The molecule has 0 spiro atoms. The van der Waals surface area contributed by atoms with Crippen molar-refractivity contribution in [1.82, 2.24) is 9.21 Å². The molecule has 1 aromatic carbocycles. The van der Waals surface area contributed by atoms with E-state index in [9.17, 15) is 13.2 Å². The number of piperidine rings is 1. The monoisotopic (exact) mass is 392 g/mol. The standard InChI is InChI=1S/C20H28N2O4S/c1-16-4-3-5-17(2)22(16)20(23)11-8-18-6-9-19(10-7-18)27(24,25)21-12-14-26-15-13-21/h6-11,16-17H,3-5,12-15H2,1-2H3/b11-8+/t16-,17+. The van der Waals surface area contributed by atoms with Crippen molar-refractivity contribution in [2.24, 2.45) is 0 Å². The SMILES string of the molecule is C[C@@H]1CCC[C@H](C)N1C(=O)/C=C/c1ccc(S(=O)(=O)N2CCOCC2)cc1. The minimum Gasteiger partial charge on any atom is -0.379 e. The highest BCUT2D eigenvalue weighted by Crippen LogP contribution is 2.23. The van der Waals surface area contributed by atoms with E-state index in [0.717, 1.165) is 24.8 Å². The lowest BCUT2D eigenvalue weighted by molar-refractivity contribution is -0.131. The van der Waals surface area contributed by atoms with Crippen molar-refractivity contribution < 1.29 is 17.9 Å². The lowest BCUT2D eigenvalue weighted by Gasteiger charge is -2.38. The van der Waals surface area contributed by atoms with E-state index in [4.69, 9.17) is 4.74 Å². The van der Waals surface area contributed by atoms with Gasteiger partial charge in [-0.2, -0.15) is 4.31 Å². The highest BCUT2D eigenvalue weighted by atomic mass is 32.2. The second-order valence-corrected chi connectivity index (χ2v) is 9.23. The van der Waals surface area contributed by atoms with Gasteiger partial charge < -0.3 is 9.64 Å². The first-order valence-electron chi connectivity index (χ1n) is 9.58. The third-order valence-corrected chi connectivity index (χ3v) is 7.27. The van der Waals surface area contributed by atoms with E-state index in [1.807, 2.05) is 4.90 Å². The maximum Gasteiger partial charge on any atom is 0.247 e. The Bertz CT molecular complexity index is 773. The number of ether oxygens (including phenoxy) is 1. The Morgan fingerprint density at radius 1 is 1.07 bits per heavy atom. The lowest BCUT2D eigenvalue weighted by atomic mass is 9.97. The summed E-state index contributed by atoms with van der Waals surface area (Å²) in [5.74, 6) is 0.0136. The minimum atomic E-state index is -3.49. The highest BCUT2D eigenvalue weighted by Gasteiger charge is 2.28. The third-order valence-electron chi connectivity index (χ3n) is 5.35. The Kier molecular flexibility index (Phi) is 6.34. The molecule has 2 atom stereocenters. The summed E-state index contributed by atoms with van der Waals surface area (Å²) in [5, 5.41) is 0. The van der Waals surface area contributed by atoms with Gasteiger partial charge in [0.1, 0.15) is 0 Å². The summed E-state index contributed by atoms with van der Waals surface area (Å²) in [5.41, 5.74) is 0.807. The molecule has 0 bridgehead atoms. The molecule has 0 aromatic heterocycles. The number of benzene rings is 1. The van der Waals surface area contributed by atoms with Crippen molar-refractivity contribution in [3.8, 4) is 0 Å². The topological polar surface area (TPSA) is 66.9 Å². The first-order chi connectivity index (χ1) is 12.9. The summed E-state index contributed by atoms with van der Waals surface area (Å²) in [4.78, 5) is 14.8. The van der Waals surface area contributed by atoms with Gasteiger partial charge in [-0.15, -0.1) is 0 Å². The molecule has 2 fully saturated rings. The first-order valence-corrected chi connectivity index (χ1v) is 11.0. The van der Waals surface area contributed by atoms with Crippen LogP contribution in [-0.4, -0.2) is 61.9 Å². The molecule has 7 heteroatoms. The molecule has 27 heavy (non-hydrogen) atoms. The summed E-state index contributed by atoms with van der Waals surface area (Å²) in [7, 11) is -3.49. The molecule has 2 heterocycles. The third kappa shape index (κ3) is 4.59. The van der Waals surface area contributed by atoms with Gasteiger partial charge in [-0.1, -0.05) is 12.1 Å². The molecule has 2 aliphatic rings. The Hall–Kier alpha value is -1.70. The molecule has 2 saturated heterocycles. The molecule has 0 N–H and O–H groups in total. The van der Waals surface area contributed by atoms with Crippen LogP contribution < -0.4 is 0 Å². The largest absolute Gasteiger partial charge is 0.379 e. The number of rotatable bonds is 4. The van der Waals surface area contributed by atoms with Crippen LogP contribution in [0.1, 0.15) is 38.7 Å². The van der Waals surface area contributed by atoms with Crippen LogP contribution in [-0.2, 0) is 19.6 Å². The zero-order chi connectivity index (χ0) is 19.4. The van der Waals surface area contributed by atoms with Crippen LogP contribution in [0.25, 0.3) is 6.08 Å². The number of likely N-dealkylation sites (tertiary alicyclic amines) is 1. The number of morpholine rings is 1. The van der Waals surface area contributed by atoms with Crippen LogP contribution in [0, 0.1) is 0 Å². The molecule has 6 nitrogen and oxygen atoms in total. The Morgan fingerprint density at radius 2 is 1.67 bits per heavy atom. The van der Waals surface area contributed by atoms with Crippen LogP contribution in [0.4, 0.5) is 0 Å². The predicted molar refractivity (Wildman–Crippen MR) is 105 cm³/mol. The van der Waals surface area contributed by atoms with Gasteiger partial charge in [0.05, 0.1) is 18.1 Å². The van der Waals surface area contributed by atoms with Crippen LogP contribution in [0.3, 0.4) is 0 Å². The molecular formula is C20H28N2O4S. The average molecular weight is 393 g/mol. The molecule has 1 aromatic rings. The number of carbonyl (C=O) groups is 1. The van der Waals surface area contributed by atoms with Gasteiger partial charge in [-0.3, -0.25) is 4.79 Å². The van der Waals surface area contributed by atoms with Crippen molar-refractivity contribution in [2.45, 2.75) is 50.1 Å². The van der Waals surface area contributed by atoms with Crippen LogP contribution in [0.15, 0.2) is 35.2 Å². The zero-order valence-electron chi connectivity index (χ0n) is 16.0. The van der Waals surface area contributed by atoms with Gasteiger partial charge in [-0.25, -0.2) is 8.42 Å². The minimum absolute atomic E-state index is 0.0136. The van der Waals surface area contributed by atoms with Crippen LogP contribution >= 0.6 is 0 Å². The van der Waals surface area contributed by atoms with Crippen LogP contribution in [0.2, 0.25) is 0 Å². The van der Waals surface area contributed by atoms with Crippen molar-refractivity contribution in [3.63, 3.8) is 0 Å². The molecule has 148 valence electrons. The molecule has 0 aliphatic carbocycles. The summed E-state index contributed by atoms with van der Waals surface area (Å²) in [6, 6.07) is 7.18. The lowest BCUT2D eigenvalue weighted by Crippen LogP contribution is -2.46. The van der Waals surface area contributed by atoms with Gasteiger partial charge in [-0.05, 0) is 56.9 Å². The van der Waals surface area contributed by atoms with Crippen LogP contribution in [0.5, 0.6) is 0 Å². The molecule has 3 rings (SSSR count). The average Bonchev–Trinajstić information content (AvgIpc) is 2.67. The summed E-state index contributed by atoms with van der Waals surface area (Å²) < 4.78 is 31.9. The molecular weight excluding hydrogens is 364 g/mol. The maximum atomic E-state index is 12.6. The number of hydrogen-bond acceptors (Lipinski definition) is 4. The van der Waals surface area contributed by atoms with Gasteiger partial charge in [0.2, 0.25) is 15.9 Å². The molecule has 0 saturated carbocycles. The van der Waals surface area contributed by atoms with Gasteiger partial charge in [0.25, 0.3) is 0 Å². The fourth-order valence-corrected chi connectivity index (χ4v) is 5.20. The fraction of sp³-hybridized carbons (Fsp3) is 0.550. The number of amides is 1. The number of nitrogens with zero attached hydrogens (tertiary/aromatic N) is 2. The molecule has 0 unspecified atom stereocenters. The second-order valence-electron chi connectivity index (χ2n) is 7.29. The molecule has 1 amide bonds. The Labute approximate surface area is 161 Å². The highest BCUT2D eigenvalue weighted by molar-refractivity contribution is 7.89. The summed E-state index contributed by atoms with van der Waals surface area (Å²) >= 11 is 0. The van der Waals surface area contributed by atoms with Crippen molar-refractivity contribution in [2.75, 3.05) is 26.3 Å². The number of sulfonamides is 1. The van der Waals surface area contributed by atoms with E-state index in [2.05, 4.69) is 13.8 Å². The molecule has 0 radical (unpaired) electrons. The van der Waals surface area contributed by atoms with E-state index in [-0.39, 0.29) is 22.9 Å². The van der Waals surface area contributed by atoms with Crippen molar-refractivity contribution in [1.29, 1.82) is 0 Å².